The first kappa shape index (κ1) is 17.3. The SMILES string of the molecule is COc1cccc(N2CCN(c3ccc(C(F)(F)F)cc3N)CC2)c1. The number of alkyl halides is 3. The second-order valence-corrected chi connectivity index (χ2v) is 5.95. The molecule has 0 bridgehead atoms. The highest BCUT2D eigenvalue weighted by molar-refractivity contribution is 5.69. The number of benzene rings is 2. The number of anilines is 3. The maximum atomic E-state index is 12.8. The van der Waals surface area contributed by atoms with Gasteiger partial charge in [-0.3, -0.25) is 0 Å². The Labute approximate surface area is 144 Å². The van der Waals surface area contributed by atoms with E-state index in [4.69, 9.17) is 10.5 Å². The summed E-state index contributed by atoms with van der Waals surface area (Å²) in [5, 5.41) is 0. The van der Waals surface area contributed by atoms with Crippen molar-refractivity contribution >= 4 is 17.1 Å². The summed E-state index contributed by atoms with van der Waals surface area (Å²) in [6.45, 7) is 2.89. The number of piperazine rings is 1. The van der Waals surface area contributed by atoms with Gasteiger partial charge in [0.05, 0.1) is 24.0 Å². The van der Waals surface area contributed by atoms with Crippen molar-refractivity contribution in [2.75, 3.05) is 48.8 Å². The van der Waals surface area contributed by atoms with Crippen LogP contribution in [0.1, 0.15) is 5.56 Å². The minimum atomic E-state index is -4.38. The van der Waals surface area contributed by atoms with Crippen molar-refractivity contribution in [1.82, 2.24) is 0 Å². The molecule has 0 unspecified atom stereocenters. The lowest BCUT2D eigenvalue weighted by Gasteiger charge is -2.38. The number of halogens is 3. The summed E-state index contributed by atoms with van der Waals surface area (Å²) in [4.78, 5) is 4.24. The first-order valence-corrected chi connectivity index (χ1v) is 7.99. The topological polar surface area (TPSA) is 41.7 Å². The molecule has 1 heterocycles. The van der Waals surface area contributed by atoms with Crippen LogP contribution in [-0.2, 0) is 6.18 Å². The fourth-order valence-corrected chi connectivity index (χ4v) is 3.03. The van der Waals surface area contributed by atoms with E-state index < -0.39 is 11.7 Å². The van der Waals surface area contributed by atoms with Gasteiger partial charge in [-0.1, -0.05) is 6.07 Å². The molecule has 0 aliphatic carbocycles. The summed E-state index contributed by atoms with van der Waals surface area (Å²) in [6, 6.07) is 11.4. The van der Waals surface area contributed by atoms with E-state index in [9.17, 15) is 13.2 Å². The molecule has 7 heteroatoms. The summed E-state index contributed by atoms with van der Waals surface area (Å²) in [5.74, 6) is 0.798. The Morgan fingerprint density at radius 2 is 1.64 bits per heavy atom. The lowest BCUT2D eigenvalue weighted by molar-refractivity contribution is -0.137. The lowest BCUT2D eigenvalue weighted by Crippen LogP contribution is -2.46. The molecule has 2 aromatic carbocycles. The van der Waals surface area contributed by atoms with Crippen LogP contribution in [-0.4, -0.2) is 33.3 Å². The van der Waals surface area contributed by atoms with Crippen LogP contribution in [0.15, 0.2) is 42.5 Å². The Kier molecular flexibility index (Phi) is 4.65. The average Bonchev–Trinajstić information content (AvgIpc) is 2.61. The zero-order valence-electron chi connectivity index (χ0n) is 13.9. The molecule has 3 rings (SSSR count). The Hall–Kier alpha value is -2.57. The molecule has 1 saturated heterocycles. The van der Waals surface area contributed by atoms with E-state index in [0.717, 1.165) is 36.7 Å². The monoisotopic (exact) mass is 351 g/mol. The van der Waals surface area contributed by atoms with Crippen molar-refractivity contribution in [2.45, 2.75) is 6.18 Å². The molecule has 0 amide bonds. The summed E-state index contributed by atoms with van der Waals surface area (Å²) < 4.78 is 43.5. The molecule has 134 valence electrons. The summed E-state index contributed by atoms with van der Waals surface area (Å²) in [5.41, 5.74) is 7.02. The van der Waals surface area contributed by atoms with Gasteiger partial charge in [0, 0.05) is 37.9 Å². The zero-order valence-corrected chi connectivity index (χ0v) is 13.9. The number of hydrogen-bond acceptors (Lipinski definition) is 4. The van der Waals surface area contributed by atoms with E-state index in [1.54, 1.807) is 7.11 Å². The maximum absolute atomic E-state index is 12.8. The van der Waals surface area contributed by atoms with Crippen molar-refractivity contribution in [3.05, 3.63) is 48.0 Å². The van der Waals surface area contributed by atoms with Gasteiger partial charge in [0.2, 0.25) is 0 Å². The van der Waals surface area contributed by atoms with Gasteiger partial charge in [0.15, 0.2) is 0 Å². The Morgan fingerprint density at radius 3 is 2.24 bits per heavy atom. The molecule has 0 aromatic heterocycles. The number of hydrogen-bond donors (Lipinski definition) is 1. The molecular formula is C18H20F3N3O. The number of nitrogen functional groups attached to an aromatic ring is 1. The lowest BCUT2D eigenvalue weighted by atomic mass is 10.1. The van der Waals surface area contributed by atoms with Crippen LogP contribution in [0.2, 0.25) is 0 Å². The largest absolute Gasteiger partial charge is 0.497 e. The molecule has 0 radical (unpaired) electrons. The highest BCUT2D eigenvalue weighted by Crippen LogP contribution is 2.34. The first-order chi connectivity index (χ1) is 11.9. The second kappa shape index (κ2) is 6.74. The van der Waals surface area contributed by atoms with E-state index in [2.05, 4.69) is 4.90 Å². The van der Waals surface area contributed by atoms with E-state index in [0.29, 0.717) is 18.8 Å². The van der Waals surface area contributed by atoms with Crippen molar-refractivity contribution in [3.8, 4) is 5.75 Å². The van der Waals surface area contributed by atoms with Crippen molar-refractivity contribution in [2.24, 2.45) is 0 Å². The Balaban J connectivity index is 1.70. The van der Waals surface area contributed by atoms with E-state index in [1.165, 1.54) is 6.07 Å². The van der Waals surface area contributed by atoms with Gasteiger partial charge in [0.25, 0.3) is 0 Å². The molecule has 0 atom stereocenters. The highest BCUT2D eigenvalue weighted by Gasteiger charge is 2.31. The summed E-state index contributed by atoms with van der Waals surface area (Å²) in [6.07, 6.45) is -4.38. The summed E-state index contributed by atoms with van der Waals surface area (Å²) in [7, 11) is 1.63. The quantitative estimate of drug-likeness (QED) is 0.858. The molecule has 0 spiro atoms. The smallest absolute Gasteiger partial charge is 0.416 e. The average molecular weight is 351 g/mol. The fraction of sp³-hybridized carbons (Fsp3) is 0.333. The van der Waals surface area contributed by atoms with E-state index in [-0.39, 0.29) is 5.69 Å². The third-order valence-electron chi connectivity index (χ3n) is 4.39. The van der Waals surface area contributed by atoms with Crippen molar-refractivity contribution < 1.29 is 17.9 Å². The number of nitrogens with zero attached hydrogens (tertiary/aromatic N) is 2. The van der Waals surface area contributed by atoms with Gasteiger partial charge < -0.3 is 20.3 Å². The van der Waals surface area contributed by atoms with Crippen LogP contribution in [0.5, 0.6) is 5.75 Å². The molecule has 1 aliphatic heterocycles. The number of methoxy groups -OCH3 is 1. The van der Waals surface area contributed by atoms with Crippen molar-refractivity contribution in [1.29, 1.82) is 0 Å². The number of ether oxygens (including phenoxy) is 1. The van der Waals surface area contributed by atoms with E-state index in [1.807, 2.05) is 29.2 Å². The summed E-state index contributed by atoms with van der Waals surface area (Å²) >= 11 is 0. The van der Waals surface area contributed by atoms with Crippen LogP contribution in [0.3, 0.4) is 0 Å². The second-order valence-electron chi connectivity index (χ2n) is 5.95. The van der Waals surface area contributed by atoms with Crippen LogP contribution >= 0.6 is 0 Å². The van der Waals surface area contributed by atoms with Gasteiger partial charge in [0.1, 0.15) is 5.75 Å². The number of rotatable bonds is 3. The molecule has 25 heavy (non-hydrogen) atoms. The normalized spacial score (nSPS) is 15.4. The van der Waals surface area contributed by atoms with Crippen molar-refractivity contribution in [3.63, 3.8) is 0 Å². The first-order valence-electron chi connectivity index (χ1n) is 7.99. The molecule has 4 nitrogen and oxygen atoms in total. The van der Waals surface area contributed by atoms with Crippen LogP contribution in [0, 0.1) is 0 Å². The minimum Gasteiger partial charge on any atom is -0.497 e. The third-order valence-corrected chi connectivity index (χ3v) is 4.39. The van der Waals surface area contributed by atoms with Gasteiger partial charge in [-0.15, -0.1) is 0 Å². The molecular weight excluding hydrogens is 331 g/mol. The van der Waals surface area contributed by atoms with E-state index >= 15 is 0 Å². The maximum Gasteiger partial charge on any atom is 0.416 e. The molecule has 1 fully saturated rings. The molecule has 0 saturated carbocycles. The van der Waals surface area contributed by atoms with Crippen LogP contribution in [0.25, 0.3) is 0 Å². The van der Waals surface area contributed by atoms with Crippen LogP contribution in [0.4, 0.5) is 30.2 Å². The fourth-order valence-electron chi connectivity index (χ4n) is 3.03. The highest BCUT2D eigenvalue weighted by atomic mass is 19.4. The van der Waals surface area contributed by atoms with Crippen LogP contribution < -0.4 is 20.3 Å². The van der Waals surface area contributed by atoms with Gasteiger partial charge >= 0.3 is 6.18 Å². The van der Waals surface area contributed by atoms with Gasteiger partial charge in [-0.2, -0.15) is 13.2 Å². The van der Waals surface area contributed by atoms with Gasteiger partial charge in [-0.25, -0.2) is 0 Å². The standard InChI is InChI=1S/C18H20F3N3O/c1-25-15-4-2-3-14(12-15)23-7-9-24(10-8-23)17-6-5-13(11-16(17)22)18(19,20)21/h2-6,11-12H,7-10,22H2,1H3. The Morgan fingerprint density at radius 1 is 0.960 bits per heavy atom. The number of nitrogens with two attached hydrogens (primary N) is 1. The molecule has 2 aromatic rings. The van der Waals surface area contributed by atoms with Gasteiger partial charge in [-0.05, 0) is 30.3 Å². The Bertz CT molecular complexity index is 741. The predicted molar refractivity (Wildman–Crippen MR) is 93.3 cm³/mol. The third kappa shape index (κ3) is 3.75. The zero-order chi connectivity index (χ0) is 18.0. The predicted octanol–water partition coefficient (Wildman–Crippen LogP) is 3.62. The molecule has 1 aliphatic rings. The minimum absolute atomic E-state index is 0.157. The molecule has 2 N–H and O–H groups in total.